The average Bonchev–Trinajstić information content (AvgIpc) is 3.38. The summed E-state index contributed by atoms with van der Waals surface area (Å²) in [6.45, 7) is 2.90. The molecule has 0 atom stereocenters. The van der Waals surface area contributed by atoms with E-state index in [1.807, 2.05) is 19.2 Å². The van der Waals surface area contributed by atoms with Gasteiger partial charge in [-0.2, -0.15) is 0 Å². The molecule has 0 spiro atoms. The standard InChI is InChI=1S/C22H23ClN2O3/c1-24(14-17-6-2-3-7-19(17)25-10-4-5-11-25)21(26)9-8-16-12-18(23)22-20(13-16)27-15-28-22/h2-3,6-9,12-13H,4-5,10-11,14-15H2,1H3. The molecule has 2 heterocycles. The molecule has 2 aliphatic rings. The Kier molecular flexibility index (Phi) is 5.44. The minimum absolute atomic E-state index is 0.0648. The maximum absolute atomic E-state index is 12.6. The van der Waals surface area contributed by atoms with E-state index in [1.165, 1.54) is 24.1 Å². The van der Waals surface area contributed by atoms with Crippen molar-refractivity contribution in [1.82, 2.24) is 4.90 Å². The van der Waals surface area contributed by atoms with E-state index in [-0.39, 0.29) is 12.7 Å². The fourth-order valence-electron chi connectivity index (χ4n) is 3.62. The molecule has 2 aliphatic heterocycles. The van der Waals surface area contributed by atoms with E-state index < -0.39 is 0 Å². The lowest BCUT2D eigenvalue weighted by atomic mass is 10.1. The molecule has 0 unspecified atom stereocenters. The number of fused-ring (bicyclic) bond motifs is 1. The average molecular weight is 399 g/mol. The monoisotopic (exact) mass is 398 g/mol. The van der Waals surface area contributed by atoms with Crippen molar-refractivity contribution < 1.29 is 14.3 Å². The minimum Gasteiger partial charge on any atom is -0.454 e. The summed E-state index contributed by atoms with van der Waals surface area (Å²) in [5, 5.41) is 0.481. The number of amides is 1. The third kappa shape index (κ3) is 3.94. The van der Waals surface area contributed by atoms with Crippen LogP contribution in [0.3, 0.4) is 0 Å². The number of para-hydroxylation sites is 1. The molecule has 28 heavy (non-hydrogen) atoms. The van der Waals surface area contributed by atoms with Gasteiger partial charge in [0.05, 0.1) is 5.02 Å². The molecule has 0 N–H and O–H groups in total. The number of anilines is 1. The molecule has 5 nitrogen and oxygen atoms in total. The van der Waals surface area contributed by atoms with Crippen LogP contribution in [0, 0.1) is 0 Å². The molecule has 2 aromatic rings. The van der Waals surface area contributed by atoms with Gasteiger partial charge in [0.2, 0.25) is 12.7 Å². The third-order valence-electron chi connectivity index (χ3n) is 5.09. The van der Waals surface area contributed by atoms with Crippen molar-refractivity contribution in [3.63, 3.8) is 0 Å². The summed E-state index contributed by atoms with van der Waals surface area (Å²) >= 11 is 6.20. The van der Waals surface area contributed by atoms with Gasteiger partial charge in [-0.05, 0) is 48.2 Å². The molecule has 0 aliphatic carbocycles. The highest BCUT2D eigenvalue weighted by atomic mass is 35.5. The fraction of sp³-hybridized carbons (Fsp3) is 0.318. The van der Waals surface area contributed by atoms with E-state index in [0.29, 0.717) is 23.1 Å². The van der Waals surface area contributed by atoms with Gasteiger partial charge in [0.15, 0.2) is 11.5 Å². The van der Waals surface area contributed by atoms with Crippen molar-refractivity contribution in [1.29, 1.82) is 0 Å². The van der Waals surface area contributed by atoms with Crippen molar-refractivity contribution in [2.45, 2.75) is 19.4 Å². The van der Waals surface area contributed by atoms with Crippen LogP contribution in [-0.2, 0) is 11.3 Å². The summed E-state index contributed by atoms with van der Waals surface area (Å²) in [7, 11) is 1.82. The highest BCUT2D eigenvalue weighted by Crippen LogP contribution is 2.40. The zero-order valence-corrected chi connectivity index (χ0v) is 16.6. The van der Waals surface area contributed by atoms with Gasteiger partial charge in [-0.25, -0.2) is 0 Å². The van der Waals surface area contributed by atoms with Crippen molar-refractivity contribution in [2.75, 3.05) is 31.8 Å². The van der Waals surface area contributed by atoms with E-state index in [2.05, 4.69) is 23.1 Å². The Labute approximate surface area is 170 Å². The van der Waals surface area contributed by atoms with E-state index in [0.717, 1.165) is 18.7 Å². The number of benzene rings is 2. The Morgan fingerprint density at radius 1 is 1.21 bits per heavy atom. The first kappa shape index (κ1) is 18.7. The number of ether oxygens (including phenoxy) is 2. The number of likely N-dealkylation sites (N-methyl/N-ethyl adjacent to an activating group) is 1. The first-order chi connectivity index (χ1) is 13.6. The lowest BCUT2D eigenvalue weighted by molar-refractivity contribution is -0.125. The summed E-state index contributed by atoms with van der Waals surface area (Å²) in [6, 6.07) is 11.9. The molecule has 4 rings (SSSR count). The number of carbonyl (C=O) groups excluding carboxylic acids is 1. The lowest BCUT2D eigenvalue weighted by Crippen LogP contribution is -2.26. The van der Waals surface area contributed by atoms with Crippen molar-refractivity contribution in [3.05, 3.63) is 58.6 Å². The van der Waals surface area contributed by atoms with E-state index in [9.17, 15) is 4.79 Å². The SMILES string of the molecule is CN(Cc1ccccc1N1CCCC1)C(=O)C=Cc1cc(Cl)c2c(c1)OCO2. The normalized spacial score (nSPS) is 15.4. The highest BCUT2D eigenvalue weighted by Gasteiger charge is 2.19. The van der Waals surface area contributed by atoms with Crippen LogP contribution in [0.5, 0.6) is 11.5 Å². The molecular formula is C22H23ClN2O3. The van der Waals surface area contributed by atoms with Crippen LogP contribution in [0.15, 0.2) is 42.5 Å². The number of hydrogen-bond acceptors (Lipinski definition) is 4. The van der Waals surface area contributed by atoms with Gasteiger partial charge in [-0.3, -0.25) is 4.79 Å². The maximum atomic E-state index is 12.6. The Bertz CT molecular complexity index is 907. The van der Waals surface area contributed by atoms with Gasteiger partial charge in [-0.15, -0.1) is 0 Å². The van der Waals surface area contributed by atoms with Crippen LogP contribution in [0.4, 0.5) is 5.69 Å². The first-order valence-electron chi connectivity index (χ1n) is 9.47. The second kappa shape index (κ2) is 8.15. The number of nitrogens with zero attached hydrogens (tertiary/aromatic N) is 2. The third-order valence-corrected chi connectivity index (χ3v) is 5.37. The Hall–Kier alpha value is -2.66. The molecule has 0 radical (unpaired) electrons. The first-order valence-corrected chi connectivity index (χ1v) is 9.85. The molecule has 0 bridgehead atoms. The molecule has 2 aromatic carbocycles. The van der Waals surface area contributed by atoms with Crippen LogP contribution in [0.2, 0.25) is 5.02 Å². The Morgan fingerprint density at radius 2 is 2.00 bits per heavy atom. The van der Waals surface area contributed by atoms with E-state index in [4.69, 9.17) is 21.1 Å². The molecule has 0 aromatic heterocycles. The van der Waals surface area contributed by atoms with Gasteiger partial charge in [0.1, 0.15) is 0 Å². The molecule has 6 heteroatoms. The largest absolute Gasteiger partial charge is 0.454 e. The van der Waals surface area contributed by atoms with Gasteiger partial charge >= 0.3 is 0 Å². The summed E-state index contributed by atoms with van der Waals surface area (Å²) < 4.78 is 10.7. The number of carbonyl (C=O) groups is 1. The van der Waals surface area contributed by atoms with Crippen LogP contribution in [0.1, 0.15) is 24.0 Å². The fourth-order valence-corrected chi connectivity index (χ4v) is 3.90. The van der Waals surface area contributed by atoms with Gasteiger partial charge in [0.25, 0.3) is 0 Å². The molecular weight excluding hydrogens is 376 g/mol. The molecule has 1 amide bonds. The van der Waals surface area contributed by atoms with Gasteiger partial charge < -0.3 is 19.3 Å². The molecule has 1 saturated heterocycles. The summed E-state index contributed by atoms with van der Waals surface area (Å²) in [4.78, 5) is 16.7. The topological polar surface area (TPSA) is 42.0 Å². The van der Waals surface area contributed by atoms with E-state index in [1.54, 1.807) is 23.1 Å². The van der Waals surface area contributed by atoms with Gasteiger partial charge in [-0.1, -0.05) is 29.8 Å². The lowest BCUT2D eigenvalue weighted by Gasteiger charge is -2.24. The molecule has 1 fully saturated rings. The zero-order valence-electron chi connectivity index (χ0n) is 15.9. The number of halogens is 1. The second-order valence-corrected chi connectivity index (χ2v) is 7.49. The van der Waals surface area contributed by atoms with Crippen molar-refractivity contribution >= 4 is 29.3 Å². The molecule has 146 valence electrons. The zero-order chi connectivity index (χ0) is 19.5. The second-order valence-electron chi connectivity index (χ2n) is 7.09. The Morgan fingerprint density at radius 3 is 2.82 bits per heavy atom. The quantitative estimate of drug-likeness (QED) is 0.702. The highest BCUT2D eigenvalue weighted by molar-refractivity contribution is 6.32. The summed E-state index contributed by atoms with van der Waals surface area (Å²) in [5.74, 6) is 1.10. The predicted octanol–water partition coefficient (Wildman–Crippen LogP) is 4.34. The van der Waals surface area contributed by atoms with Crippen LogP contribution >= 0.6 is 11.6 Å². The smallest absolute Gasteiger partial charge is 0.246 e. The molecule has 0 saturated carbocycles. The number of rotatable bonds is 5. The minimum atomic E-state index is -0.0648. The van der Waals surface area contributed by atoms with Crippen molar-refractivity contribution in [3.8, 4) is 11.5 Å². The van der Waals surface area contributed by atoms with Gasteiger partial charge in [0, 0.05) is 38.4 Å². The Balaban J connectivity index is 1.45. The summed E-state index contributed by atoms with van der Waals surface area (Å²) in [5.41, 5.74) is 3.19. The van der Waals surface area contributed by atoms with Crippen LogP contribution in [0.25, 0.3) is 6.08 Å². The van der Waals surface area contributed by atoms with Crippen LogP contribution < -0.4 is 14.4 Å². The van der Waals surface area contributed by atoms with Crippen molar-refractivity contribution in [2.24, 2.45) is 0 Å². The van der Waals surface area contributed by atoms with E-state index >= 15 is 0 Å². The summed E-state index contributed by atoms with van der Waals surface area (Å²) in [6.07, 6.45) is 5.76. The predicted molar refractivity (Wildman–Crippen MR) is 111 cm³/mol. The van der Waals surface area contributed by atoms with Crippen LogP contribution in [-0.4, -0.2) is 37.7 Å². The maximum Gasteiger partial charge on any atom is 0.246 e. The number of hydrogen-bond donors (Lipinski definition) is 0.